The SMILES string of the molecule is COC1CCCC1Nc1ccc(C#N)c(C)c1. The average molecular weight is 230 g/mol. The summed E-state index contributed by atoms with van der Waals surface area (Å²) in [4.78, 5) is 0. The Morgan fingerprint density at radius 3 is 2.88 bits per heavy atom. The Hall–Kier alpha value is -1.53. The lowest BCUT2D eigenvalue weighted by molar-refractivity contribution is 0.101. The molecule has 17 heavy (non-hydrogen) atoms. The molecule has 1 aliphatic carbocycles. The lowest BCUT2D eigenvalue weighted by Gasteiger charge is -2.21. The number of methoxy groups -OCH3 is 1. The molecule has 3 nitrogen and oxygen atoms in total. The predicted octanol–water partition coefficient (Wildman–Crippen LogP) is 2.85. The van der Waals surface area contributed by atoms with Gasteiger partial charge in [0.25, 0.3) is 0 Å². The summed E-state index contributed by atoms with van der Waals surface area (Å²) in [6.07, 6.45) is 3.80. The van der Waals surface area contributed by atoms with Crippen molar-refractivity contribution in [3.8, 4) is 6.07 Å². The third-order valence-corrected chi connectivity index (χ3v) is 3.45. The molecule has 1 N–H and O–H groups in total. The predicted molar refractivity (Wildman–Crippen MR) is 68.0 cm³/mol. The quantitative estimate of drug-likeness (QED) is 0.868. The fraction of sp³-hybridized carbons (Fsp3) is 0.500. The number of rotatable bonds is 3. The van der Waals surface area contributed by atoms with Crippen LogP contribution in [0.25, 0.3) is 0 Å². The van der Waals surface area contributed by atoms with E-state index in [2.05, 4.69) is 11.4 Å². The van der Waals surface area contributed by atoms with Crippen molar-refractivity contribution in [2.24, 2.45) is 0 Å². The number of aryl methyl sites for hydroxylation is 1. The highest BCUT2D eigenvalue weighted by molar-refractivity contribution is 5.52. The largest absolute Gasteiger partial charge is 0.380 e. The number of nitrogens with zero attached hydrogens (tertiary/aromatic N) is 1. The van der Waals surface area contributed by atoms with E-state index in [-0.39, 0.29) is 0 Å². The Morgan fingerprint density at radius 1 is 1.41 bits per heavy atom. The van der Waals surface area contributed by atoms with E-state index in [0.29, 0.717) is 12.1 Å². The Labute approximate surface area is 102 Å². The van der Waals surface area contributed by atoms with Crippen molar-refractivity contribution in [1.82, 2.24) is 0 Å². The molecule has 0 bridgehead atoms. The molecule has 0 amide bonds. The lowest BCUT2D eigenvalue weighted by Crippen LogP contribution is -2.29. The second kappa shape index (κ2) is 5.20. The van der Waals surface area contributed by atoms with Crippen LogP contribution in [0.2, 0.25) is 0 Å². The van der Waals surface area contributed by atoms with Gasteiger partial charge < -0.3 is 10.1 Å². The zero-order valence-electron chi connectivity index (χ0n) is 10.4. The van der Waals surface area contributed by atoms with Crippen molar-refractivity contribution in [3.63, 3.8) is 0 Å². The van der Waals surface area contributed by atoms with Gasteiger partial charge in [-0.05, 0) is 49.9 Å². The van der Waals surface area contributed by atoms with Crippen LogP contribution >= 0.6 is 0 Å². The third-order valence-electron chi connectivity index (χ3n) is 3.45. The zero-order valence-corrected chi connectivity index (χ0v) is 10.4. The van der Waals surface area contributed by atoms with Crippen LogP contribution in [-0.4, -0.2) is 19.3 Å². The molecular formula is C14H18N2O. The van der Waals surface area contributed by atoms with Gasteiger partial charge in [0.05, 0.1) is 23.8 Å². The lowest BCUT2D eigenvalue weighted by atomic mass is 10.1. The van der Waals surface area contributed by atoms with E-state index in [4.69, 9.17) is 10.00 Å². The second-order valence-electron chi connectivity index (χ2n) is 4.60. The molecule has 1 fully saturated rings. The maximum Gasteiger partial charge on any atom is 0.0994 e. The van der Waals surface area contributed by atoms with Gasteiger partial charge in [-0.15, -0.1) is 0 Å². The molecule has 1 aromatic carbocycles. The molecule has 0 radical (unpaired) electrons. The first-order chi connectivity index (χ1) is 8.24. The molecule has 90 valence electrons. The van der Waals surface area contributed by atoms with Crippen LogP contribution in [-0.2, 0) is 4.74 Å². The van der Waals surface area contributed by atoms with Crippen molar-refractivity contribution < 1.29 is 4.74 Å². The highest BCUT2D eigenvalue weighted by atomic mass is 16.5. The minimum Gasteiger partial charge on any atom is -0.380 e. The van der Waals surface area contributed by atoms with Crippen LogP contribution in [0.1, 0.15) is 30.4 Å². The molecule has 3 heteroatoms. The Balaban J connectivity index is 2.09. The number of nitrogens with one attached hydrogen (secondary N) is 1. The van der Waals surface area contributed by atoms with Crippen molar-refractivity contribution in [2.45, 2.75) is 38.3 Å². The van der Waals surface area contributed by atoms with E-state index in [1.807, 2.05) is 25.1 Å². The number of hydrogen-bond donors (Lipinski definition) is 1. The summed E-state index contributed by atoms with van der Waals surface area (Å²) in [7, 11) is 1.77. The molecule has 0 spiro atoms. The summed E-state index contributed by atoms with van der Waals surface area (Å²) < 4.78 is 5.46. The maximum atomic E-state index is 8.88. The summed E-state index contributed by atoms with van der Waals surface area (Å²) in [6, 6.07) is 8.45. The third kappa shape index (κ3) is 2.59. The summed E-state index contributed by atoms with van der Waals surface area (Å²) in [5.74, 6) is 0. The first-order valence-electron chi connectivity index (χ1n) is 6.04. The number of nitriles is 1. The van der Waals surface area contributed by atoms with Crippen LogP contribution in [0, 0.1) is 18.3 Å². The molecule has 2 atom stereocenters. The van der Waals surface area contributed by atoms with Crippen LogP contribution in [0.3, 0.4) is 0 Å². The van der Waals surface area contributed by atoms with Crippen molar-refractivity contribution in [3.05, 3.63) is 29.3 Å². The van der Waals surface area contributed by atoms with E-state index in [0.717, 1.165) is 29.7 Å². The maximum absolute atomic E-state index is 8.88. The summed E-state index contributed by atoms with van der Waals surface area (Å²) in [6.45, 7) is 1.96. The molecule has 0 aromatic heterocycles. The van der Waals surface area contributed by atoms with Gasteiger partial charge in [0.2, 0.25) is 0 Å². The highest BCUT2D eigenvalue weighted by Gasteiger charge is 2.26. The van der Waals surface area contributed by atoms with Gasteiger partial charge in [0.1, 0.15) is 0 Å². The molecule has 0 aliphatic heterocycles. The van der Waals surface area contributed by atoms with Crippen LogP contribution in [0.4, 0.5) is 5.69 Å². The average Bonchev–Trinajstić information content (AvgIpc) is 2.76. The fourth-order valence-corrected chi connectivity index (χ4v) is 2.47. The van der Waals surface area contributed by atoms with Crippen LogP contribution < -0.4 is 5.32 Å². The van der Waals surface area contributed by atoms with Crippen molar-refractivity contribution in [2.75, 3.05) is 12.4 Å². The minimum atomic E-state index is 0.311. The molecule has 0 saturated heterocycles. The molecule has 2 unspecified atom stereocenters. The molecule has 1 aromatic rings. The van der Waals surface area contributed by atoms with Gasteiger partial charge in [0.15, 0.2) is 0 Å². The van der Waals surface area contributed by atoms with Gasteiger partial charge in [-0.25, -0.2) is 0 Å². The van der Waals surface area contributed by atoms with Gasteiger partial charge in [-0.2, -0.15) is 5.26 Å². The highest BCUT2D eigenvalue weighted by Crippen LogP contribution is 2.25. The number of hydrogen-bond acceptors (Lipinski definition) is 3. The van der Waals surface area contributed by atoms with Gasteiger partial charge >= 0.3 is 0 Å². The minimum absolute atomic E-state index is 0.311. The molecule has 1 aliphatic rings. The molecule has 2 rings (SSSR count). The Morgan fingerprint density at radius 2 is 2.24 bits per heavy atom. The first-order valence-corrected chi connectivity index (χ1v) is 6.04. The smallest absolute Gasteiger partial charge is 0.0994 e. The standard InChI is InChI=1S/C14H18N2O/c1-10-8-12(7-6-11(10)9-15)16-13-4-3-5-14(13)17-2/h6-8,13-14,16H,3-5H2,1-2H3. The number of ether oxygens (including phenoxy) is 1. The Bertz CT molecular complexity index is 436. The van der Waals surface area contributed by atoms with E-state index in [1.165, 1.54) is 6.42 Å². The monoisotopic (exact) mass is 230 g/mol. The van der Waals surface area contributed by atoms with Crippen molar-refractivity contribution >= 4 is 5.69 Å². The topological polar surface area (TPSA) is 45.0 Å². The molecule has 1 saturated carbocycles. The number of anilines is 1. The molecule has 0 heterocycles. The number of benzene rings is 1. The zero-order chi connectivity index (χ0) is 12.3. The van der Waals surface area contributed by atoms with E-state index in [1.54, 1.807) is 7.11 Å². The van der Waals surface area contributed by atoms with Gasteiger partial charge in [-0.1, -0.05) is 0 Å². The molecular weight excluding hydrogens is 212 g/mol. The van der Waals surface area contributed by atoms with E-state index < -0.39 is 0 Å². The summed E-state index contributed by atoms with van der Waals surface area (Å²) in [5, 5.41) is 12.4. The second-order valence-corrected chi connectivity index (χ2v) is 4.60. The van der Waals surface area contributed by atoms with Crippen molar-refractivity contribution in [1.29, 1.82) is 5.26 Å². The van der Waals surface area contributed by atoms with E-state index in [9.17, 15) is 0 Å². The summed E-state index contributed by atoms with van der Waals surface area (Å²) in [5.41, 5.74) is 2.84. The van der Waals surface area contributed by atoms with Gasteiger partial charge in [0, 0.05) is 12.8 Å². The van der Waals surface area contributed by atoms with Crippen LogP contribution in [0.5, 0.6) is 0 Å². The first kappa shape index (κ1) is 11.9. The van der Waals surface area contributed by atoms with E-state index >= 15 is 0 Å². The Kier molecular flexibility index (Phi) is 3.65. The van der Waals surface area contributed by atoms with Gasteiger partial charge in [-0.3, -0.25) is 0 Å². The summed E-state index contributed by atoms with van der Waals surface area (Å²) >= 11 is 0. The fourth-order valence-electron chi connectivity index (χ4n) is 2.47. The normalized spacial score (nSPS) is 23.4. The van der Waals surface area contributed by atoms with Crippen LogP contribution in [0.15, 0.2) is 18.2 Å².